The van der Waals surface area contributed by atoms with Crippen molar-refractivity contribution in [3.05, 3.63) is 189 Å². The average molecular weight is 739 g/mol. The number of benzene rings is 6. The van der Waals surface area contributed by atoms with Crippen LogP contribution in [0.3, 0.4) is 0 Å². The molecule has 8 aromatic rings. The number of non-ortho nitro benzene ring substituents is 2. The van der Waals surface area contributed by atoms with Gasteiger partial charge in [0.05, 0.1) is 43.4 Å². The fraction of sp³-hybridized carbons (Fsp3) is 0. The van der Waals surface area contributed by atoms with Gasteiger partial charge in [-0.15, -0.1) is 0 Å². The van der Waals surface area contributed by atoms with Gasteiger partial charge in [0.25, 0.3) is 11.4 Å². The van der Waals surface area contributed by atoms with Gasteiger partial charge < -0.3 is 9.47 Å². The molecule has 0 radical (unpaired) electrons. The van der Waals surface area contributed by atoms with Crippen LogP contribution in [0.1, 0.15) is 20.7 Å². The molecule has 8 rings (SSSR count). The molecule has 0 atom stereocenters. The highest BCUT2D eigenvalue weighted by Gasteiger charge is 2.20. The summed E-state index contributed by atoms with van der Waals surface area (Å²) in [6.07, 6.45) is 0. The van der Waals surface area contributed by atoms with Crippen molar-refractivity contribution in [2.24, 2.45) is 0 Å². The SMILES string of the molecule is O=C(Oc1ccc([N+](=O)[O-])cc1)c1cc(-c2ccccc2)nc2ccc(-c3ccc4nc(-c5ccccc5)cc(C(=O)Oc5ccc([N+](=O)[O-])cc5)c4c3)cc12. The van der Waals surface area contributed by atoms with Gasteiger partial charge in [0.1, 0.15) is 11.5 Å². The van der Waals surface area contributed by atoms with Crippen molar-refractivity contribution >= 4 is 45.1 Å². The zero-order chi connectivity index (χ0) is 38.8. The van der Waals surface area contributed by atoms with Crippen LogP contribution in [0.15, 0.2) is 158 Å². The van der Waals surface area contributed by atoms with Gasteiger partial charge in [0, 0.05) is 46.2 Å². The molecule has 12 heteroatoms. The van der Waals surface area contributed by atoms with E-state index in [9.17, 15) is 29.8 Å². The van der Waals surface area contributed by atoms with E-state index < -0.39 is 21.8 Å². The molecular formula is C44H26N4O8. The predicted octanol–water partition coefficient (Wildman–Crippen LogP) is 10.0. The minimum absolute atomic E-state index is 0.132. The van der Waals surface area contributed by atoms with Crippen molar-refractivity contribution in [1.29, 1.82) is 0 Å². The third-order valence-electron chi connectivity index (χ3n) is 9.05. The van der Waals surface area contributed by atoms with Crippen LogP contribution in [-0.2, 0) is 0 Å². The number of nitro benzene ring substituents is 2. The van der Waals surface area contributed by atoms with Crippen LogP contribution in [0.25, 0.3) is 55.4 Å². The number of carbonyl (C=O) groups is 2. The molecule has 0 N–H and O–H groups in total. The lowest BCUT2D eigenvalue weighted by molar-refractivity contribution is -0.385. The van der Waals surface area contributed by atoms with Gasteiger partial charge in [0.2, 0.25) is 0 Å². The molecule has 0 saturated heterocycles. The van der Waals surface area contributed by atoms with E-state index in [0.717, 1.165) is 11.1 Å². The highest BCUT2D eigenvalue weighted by Crippen LogP contribution is 2.34. The average Bonchev–Trinajstić information content (AvgIpc) is 3.23. The third-order valence-corrected chi connectivity index (χ3v) is 9.05. The van der Waals surface area contributed by atoms with Crippen molar-refractivity contribution < 1.29 is 28.9 Å². The standard InChI is InChI=1S/C44H26N4O8/c49-43(55-33-17-13-31(14-18-33)47(51)52)37-25-41(27-7-3-1-4-8-27)45-39-21-11-29(23-35(37)39)30-12-22-40-36(24-30)38(26-42(46-40)28-9-5-2-6-10-28)44(50)56-34-19-15-32(16-20-34)48(53)54/h1-26H. The number of rotatable bonds is 9. The Morgan fingerprint density at radius 2 is 0.821 bits per heavy atom. The molecule has 0 bridgehead atoms. The Kier molecular flexibility index (Phi) is 9.18. The van der Waals surface area contributed by atoms with E-state index in [1.54, 1.807) is 24.3 Å². The molecule has 0 aliphatic carbocycles. The molecule has 270 valence electrons. The van der Waals surface area contributed by atoms with E-state index in [0.29, 0.717) is 44.3 Å². The molecule has 0 aliphatic heterocycles. The molecule has 0 saturated carbocycles. The first-order valence-corrected chi connectivity index (χ1v) is 17.1. The van der Waals surface area contributed by atoms with Crippen LogP contribution in [0.2, 0.25) is 0 Å². The first kappa shape index (κ1) is 34.9. The van der Waals surface area contributed by atoms with E-state index in [1.165, 1.54) is 48.5 Å². The number of ether oxygens (including phenoxy) is 2. The van der Waals surface area contributed by atoms with Crippen molar-refractivity contribution in [3.8, 4) is 45.1 Å². The van der Waals surface area contributed by atoms with Gasteiger partial charge in [0.15, 0.2) is 0 Å². The molecule has 2 aromatic heterocycles. The van der Waals surface area contributed by atoms with E-state index >= 15 is 0 Å². The topological polar surface area (TPSA) is 165 Å². The number of nitro groups is 2. The van der Waals surface area contributed by atoms with E-state index in [1.807, 2.05) is 84.9 Å². The summed E-state index contributed by atoms with van der Waals surface area (Å²) in [5.74, 6) is -1.11. The van der Waals surface area contributed by atoms with Gasteiger partial charge in [-0.3, -0.25) is 20.2 Å². The van der Waals surface area contributed by atoms with Crippen LogP contribution < -0.4 is 9.47 Å². The molecule has 56 heavy (non-hydrogen) atoms. The van der Waals surface area contributed by atoms with Crippen LogP contribution in [0.5, 0.6) is 11.5 Å². The highest BCUT2D eigenvalue weighted by atomic mass is 16.6. The predicted molar refractivity (Wildman–Crippen MR) is 209 cm³/mol. The Bertz CT molecular complexity index is 2630. The summed E-state index contributed by atoms with van der Waals surface area (Å²) >= 11 is 0. The van der Waals surface area contributed by atoms with Crippen LogP contribution >= 0.6 is 0 Å². The summed E-state index contributed by atoms with van der Waals surface area (Å²) in [6.45, 7) is 0. The van der Waals surface area contributed by atoms with Crippen molar-refractivity contribution in [3.63, 3.8) is 0 Å². The summed E-state index contributed by atoms with van der Waals surface area (Å²) in [7, 11) is 0. The molecule has 0 aliphatic rings. The van der Waals surface area contributed by atoms with Gasteiger partial charge >= 0.3 is 11.9 Å². The number of aromatic nitrogens is 2. The lowest BCUT2D eigenvalue weighted by Crippen LogP contribution is -2.10. The molecule has 0 unspecified atom stereocenters. The van der Waals surface area contributed by atoms with E-state index in [4.69, 9.17) is 19.4 Å². The number of hydrogen-bond donors (Lipinski definition) is 0. The molecular weight excluding hydrogens is 713 g/mol. The Morgan fingerprint density at radius 1 is 0.446 bits per heavy atom. The van der Waals surface area contributed by atoms with Crippen LogP contribution in [0, 0.1) is 20.2 Å². The molecule has 0 amide bonds. The summed E-state index contributed by atoms with van der Waals surface area (Å²) in [4.78, 5) is 58.7. The Hall–Kier alpha value is -8.12. The maximum atomic E-state index is 13.8. The number of nitrogens with zero attached hydrogens (tertiary/aromatic N) is 4. The van der Waals surface area contributed by atoms with Gasteiger partial charge in [-0.25, -0.2) is 19.6 Å². The van der Waals surface area contributed by atoms with Crippen molar-refractivity contribution in [1.82, 2.24) is 9.97 Å². The van der Waals surface area contributed by atoms with E-state index in [-0.39, 0.29) is 34.0 Å². The van der Waals surface area contributed by atoms with Gasteiger partial charge in [-0.05, 0) is 71.8 Å². The molecule has 6 aromatic carbocycles. The molecule has 0 spiro atoms. The minimum Gasteiger partial charge on any atom is -0.423 e. The lowest BCUT2D eigenvalue weighted by atomic mass is 9.96. The molecule has 0 fully saturated rings. The minimum atomic E-state index is -0.687. The lowest BCUT2D eigenvalue weighted by Gasteiger charge is -2.13. The summed E-state index contributed by atoms with van der Waals surface area (Å²) in [5.41, 5.74) is 5.25. The summed E-state index contributed by atoms with van der Waals surface area (Å²) in [6, 6.07) is 43.4. The third kappa shape index (κ3) is 7.13. The molecule has 12 nitrogen and oxygen atoms in total. The number of pyridine rings is 2. The number of esters is 2. The summed E-state index contributed by atoms with van der Waals surface area (Å²) in [5, 5.41) is 23.3. The van der Waals surface area contributed by atoms with E-state index in [2.05, 4.69) is 0 Å². The second kappa shape index (κ2) is 14.7. The maximum absolute atomic E-state index is 13.8. The zero-order valence-corrected chi connectivity index (χ0v) is 29.1. The normalized spacial score (nSPS) is 10.9. The van der Waals surface area contributed by atoms with Crippen molar-refractivity contribution in [2.45, 2.75) is 0 Å². The monoisotopic (exact) mass is 738 g/mol. The second-order valence-corrected chi connectivity index (χ2v) is 12.6. The maximum Gasteiger partial charge on any atom is 0.344 e. The number of fused-ring (bicyclic) bond motifs is 2. The number of hydrogen-bond acceptors (Lipinski definition) is 10. The Labute approximate surface area is 317 Å². The second-order valence-electron chi connectivity index (χ2n) is 12.6. The van der Waals surface area contributed by atoms with Crippen LogP contribution in [-0.4, -0.2) is 31.8 Å². The largest absolute Gasteiger partial charge is 0.423 e. The Balaban J connectivity index is 1.22. The fourth-order valence-electron chi connectivity index (χ4n) is 6.26. The number of carbonyl (C=O) groups excluding carboxylic acids is 2. The quantitative estimate of drug-likeness (QED) is 0.0602. The van der Waals surface area contributed by atoms with Gasteiger partial charge in [-0.1, -0.05) is 72.8 Å². The van der Waals surface area contributed by atoms with Crippen LogP contribution in [0.4, 0.5) is 11.4 Å². The zero-order valence-electron chi connectivity index (χ0n) is 29.1. The van der Waals surface area contributed by atoms with Gasteiger partial charge in [-0.2, -0.15) is 0 Å². The highest BCUT2D eigenvalue weighted by molar-refractivity contribution is 6.08. The fourth-order valence-corrected chi connectivity index (χ4v) is 6.26. The Morgan fingerprint density at radius 3 is 1.18 bits per heavy atom. The van der Waals surface area contributed by atoms with Crippen molar-refractivity contribution in [2.75, 3.05) is 0 Å². The first-order valence-electron chi connectivity index (χ1n) is 17.1. The smallest absolute Gasteiger partial charge is 0.344 e. The molecule has 2 heterocycles. The summed E-state index contributed by atoms with van der Waals surface area (Å²) < 4.78 is 11.4. The first-order chi connectivity index (χ1) is 27.2.